The number of benzene rings is 1. The molecule has 100 valence electrons. The molecule has 3 rings (SSSR count). The summed E-state index contributed by atoms with van der Waals surface area (Å²) in [6, 6.07) is 7.05. The SMILES string of the molecule is Cc1ccc(C)c(-c2csc(C3CCCCN3)n2)c1. The van der Waals surface area contributed by atoms with E-state index in [1.165, 1.54) is 41.0 Å². The van der Waals surface area contributed by atoms with Gasteiger partial charge in [-0.05, 0) is 44.9 Å². The molecule has 19 heavy (non-hydrogen) atoms. The zero-order valence-electron chi connectivity index (χ0n) is 11.6. The van der Waals surface area contributed by atoms with Gasteiger partial charge in [-0.1, -0.05) is 24.1 Å². The highest BCUT2D eigenvalue weighted by Gasteiger charge is 2.18. The van der Waals surface area contributed by atoms with Crippen LogP contribution in [0, 0.1) is 13.8 Å². The third-order valence-electron chi connectivity index (χ3n) is 3.80. The molecule has 3 heteroatoms. The quantitative estimate of drug-likeness (QED) is 0.884. The summed E-state index contributed by atoms with van der Waals surface area (Å²) in [5, 5.41) is 7.02. The van der Waals surface area contributed by atoms with Crippen molar-refractivity contribution in [2.24, 2.45) is 0 Å². The van der Waals surface area contributed by atoms with Crippen LogP contribution in [0.4, 0.5) is 0 Å². The number of aromatic nitrogens is 1. The fourth-order valence-electron chi connectivity index (χ4n) is 2.65. The second-order valence-corrected chi connectivity index (χ2v) is 6.28. The number of piperidine rings is 1. The van der Waals surface area contributed by atoms with Gasteiger partial charge >= 0.3 is 0 Å². The van der Waals surface area contributed by atoms with Crippen LogP contribution in [0.15, 0.2) is 23.6 Å². The molecule has 1 aliphatic heterocycles. The largest absolute Gasteiger partial charge is 0.308 e. The Kier molecular flexibility index (Phi) is 3.67. The Morgan fingerprint density at radius 3 is 2.95 bits per heavy atom. The molecule has 1 saturated heterocycles. The smallest absolute Gasteiger partial charge is 0.110 e. The van der Waals surface area contributed by atoms with Crippen molar-refractivity contribution >= 4 is 11.3 Å². The van der Waals surface area contributed by atoms with Gasteiger partial charge in [-0.2, -0.15) is 0 Å². The first kappa shape index (κ1) is 12.8. The summed E-state index contributed by atoms with van der Waals surface area (Å²) in [6.07, 6.45) is 3.83. The highest BCUT2D eigenvalue weighted by atomic mass is 32.1. The normalized spacial score (nSPS) is 19.6. The first-order chi connectivity index (χ1) is 9.24. The van der Waals surface area contributed by atoms with Crippen LogP contribution < -0.4 is 5.32 Å². The van der Waals surface area contributed by atoms with Crippen LogP contribution in [0.3, 0.4) is 0 Å². The number of rotatable bonds is 2. The summed E-state index contributed by atoms with van der Waals surface area (Å²) in [7, 11) is 0. The van der Waals surface area contributed by atoms with E-state index in [9.17, 15) is 0 Å². The fourth-order valence-corrected chi connectivity index (χ4v) is 3.57. The summed E-state index contributed by atoms with van der Waals surface area (Å²) >= 11 is 1.79. The van der Waals surface area contributed by atoms with E-state index in [1.807, 2.05) is 0 Å². The maximum atomic E-state index is 4.86. The molecule has 0 saturated carbocycles. The lowest BCUT2D eigenvalue weighted by Gasteiger charge is -2.21. The molecule has 0 amide bonds. The van der Waals surface area contributed by atoms with Gasteiger partial charge in [0.15, 0.2) is 0 Å². The second kappa shape index (κ2) is 5.43. The third-order valence-corrected chi connectivity index (χ3v) is 4.76. The highest BCUT2D eigenvalue weighted by molar-refractivity contribution is 7.10. The van der Waals surface area contributed by atoms with E-state index in [4.69, 9.17) is 4.98 Å². The zero-order chi connectivity index (χ0) is 13.2. The lowest BCUT2D eigenvalue weighted by Crippen LogP contribution is -2.26. The van der Waals surface area contributed by atoms with Crippen molar-refractivity contribution in [1.29, 1.82) is 0 Å². The van der Waals surface area contributed by atoms with E-state index in [0.717, 1.165) is 12.2 Å². The van der Waals surface area contributed by atoms with Gasteiger partial charge < -0.3 is 5.32 Å². The number of aryl methyl sites for hydroxylation is 2. The van der Waals surface area contributed by atoms with Gasteiger partial charge in [0.05, 0.1) is 11.7 Å². The van der Waals surface area contributed by atoms with Crippen LogP contribution in [0.1, 0.15) is 41.4 Å². The molecule has 0 radical (unpaired) electrons. The van der Waals surface area contributed by atoms with Gasteiger partial charge in [0.25, 0.3) is 0 Å². The van der Waals surface area contributed by atoms with Crippen molar-refractivity contribution < 1.29 is 0 Å². The van der Waals surface area contributed by atoms with Gasteiger partial charge in [0.1, 0.15) is 5.01 Å². The van der Waals surface area contributed by atoms with Crippen molar-refractivity contribution in [3.8, 4) is 11.3 Å². The van der Waals surface area contributed by atoms with Gasteiger partial charge in [-0.25, -0.2) is 4.98 Å². The Labute approximate surface area is 118 Å². The standard InChI is InChI=1S/C16H20N2S/c1-11-6-7-12(2)13(9-11)15-10-19-16(18-15)14-5-3-4-8-17-14/h6-7,9-10,14,17H,3-5,8H2,1-2H3. The lowest BCUT2D eigenvalue weighted by atomic mass is 10.0. The first-order valence-electron chi connectivity index (χ1n) is 7.00. The average Bonchev–Trinajstić information content (AvgIpc) is 2.92. The fraction of sp³-hybridized carbons (Fsp3) is 0.438. The molecule has 1 aromatic carbocycles. The molecule has 1 N–H and O–H groups in total. The molecule has 0 aliphatic carbocycles. The highest BCUT2D eigenvalue weighted by Crippen LogP contribution is 2.31. The lowest BCUT2D eigenvalue weighted by molar-refractivity contribution is 0.411. The predicted molar refractivity (Wildman–Crippen MR) is 81.6 cm³/mol. The van der Waals surface area contributed by atoms with Crippen LogP contribution in [-0.4, -0.2) is 11.5 Å². The van der Waals surface area contributed by atoms with Crippen molar-refractivity contribution in [2.75, 3.05) is 6.54 Å². The van der Waals surface area contributed by atoms with Gasteiger partial charge in [-0.3, -0.25) is 0 Å². The minimum Gasteiger partial charge on any atom is -0.308 e. The molecule has 2 nitrogen and oxygen atoms in total. The van der Waals surface area contributed by atoms with Gasteiger partial charge in [0.2, 0.25) is 0 Å². The molecule has 1 aromatic heterocycles. The van der Waals surface area contributed by atoms with Crippen LogP contribution >= 0.6 is 11.3 Å². The number of nitrogens with zero attached hydrogens (tertiary/aromatic N) is 1. The molecular formula is C16H20N2S. The molecule has 1 atom stereocenters. The molecule has 1 aliphatic rings. The topological polar surface area (TPSA) is 24.9 Å². The van der Waals surface area contributed by atoms with E-state index in [-0.39, 0.29) is 0 Å². The van der Waals surface area contributed by atoms with Crippen molar-refractivity contribution in [3.05, 3.63) is 39.7 Å². The monoisotopic (exact) mass is 272 g/mol. The van der Waals surface area contributed by atoms with Crippen LogP contribution in [0.2, 0.25) is 0 Å². The molecule has 2 aromatic rings. The summed E-state index contributed by atoms with van der Waals surface area (Å²) in [4.78, 5) is 4.86. The molecular weight excluding hydrogens is 252 g/mol. The molecule has 0 spiro atoms. The van der Waals surface area contributed by atoms with Gasteiger partial charge in [0, 0.05) is 10.9 Å². The minimum atomic E-state index is 0.470. The third kappa shape index (κ3) is 2.72. The Hall–Kier alpha value is -1.19. The predicted octanol–water partition coefficient (Wildman–Crippen LogP) is 4.24. The van der Waals surface area contributed by atoms with E-state index < -0.39 is 0 Å². The number of nitrogens with one attached hydrogen (secondary N) is 1. The Morgan fingerprint density at radius 1 is 1.26 bits per heavy atom. The Morgan fingerprint density at radius 2 is 2.16 bits per heavy atom. The maximum Gasteiger partial charge on any atom is 0.110 e. The van der Waals surface area contributed by atoms with Crippen LogP contribution in [-0.2, 0) is 0 Å². The van der Waals surface area contributed by atoms with Crippen LogP contribution in [0.25, 0.3) is 11.3 Å². The average molecular weight is 272 g/mol. The second-order valence-electron chi connectivity index (χ2n) is 5.39. The number of hydrogen-bond acceptors (Lipinski definition) is 3. The summed E-state index contributed by atoms with van der Waals surface area (Å²) < 4.78 is 0. The zero-order valence-corrected chi connectivity index (χ0v) is 12.4. The molecule has 2 heterocycles. The van der Waals surface area contributed by atoms with E-state index in [0.29, 0.717) is 6.04 Å². The van der Waals surface area contributed by atoms with Crippen molar-refractivity contribution in [3.63, 3.8) is 0 Å². The van der Waals surface area contributed by atoms with E-state index in [2.05, 4.69) is 42.7 Å². The number of thiazole rings is 1. The van der Waals surface area contributed by atoms with E-state index in [1.54, 1.807) is 11.3 Å². The Bertz CT molecular complexity index is 568. The van der Waals surface area contributed by atoms with Crippen molar-refractivity contribution in [2.45, 2.75) is 39.2 Å². The number of hydrogen-bond donors (Lipinski definition) is 1. The molecule has 1 fully saturated rings. The van der Waals surface area contributed by atoms with Crippen LogP contribution in [0.5, 0.6) is 0 Å². The maximum absolute atomic E-state index is 4.86. The molecule has 1 unspecified atom stereocenters. The summed E-state index contributed by atoms with van der Waals surface area (Å²) in [5.74, 6) is 0. The Balaban J connectivity index is 1.89. The first-order valence-corrected chi connectivity index (χ1v) is 7.88. The summed E-state index contributed by atoms with van der Waals surface area (Å²) in [6.45, 7) is 5.43. The summed E-state index contributed by atoms with van der Waals surface area (Å²) in [5.41, 5.74) is 5.01. The minimum absolute atomic E-state index is 0.470. The van der Waals surface area contributed by atoms with Crippen molar-refractivity contribution in [1.82, 2.24) is 10.3 Å². The molecule has 0 bridgehead atoms. The van der Waals surface area contributed by atoms with E-state index >= 15 is 0 Å². The van der Waals surface area contributed by atoms with Gasteiger partial charge in [-0.15, -0.1) is 11.3 Å².